The van der Waals surface area contributed by atoms with Crippen LogP contribution in [0.5, 0.6) is 0 Å². The summed E-state index contributed by atoms with van der Waals surface area (Å²) in [6, 6.07) is 0. The summed E-state index contributed by atoms with van der Waals surface area (Å²) in [5, 5.41) is 3.34. The molecular formula is C10H16N4. The van der Waals surface area contributed by atoms with Crippen LogP contribution in [0.1, 0.15) is 17.0 Å². The molecule has 1 aliphatic heterocycles. The Morgan fingerprint density at radius 1 is 1.29 bits per heavy atom. The van der Waals surface area contributed by atoms with Crippen molar-refractivity contribution in [1.82, 2.24) is 15.3 Å². The van der Waals surface area contributed by atoms with E-state index in [-0.39, 0.29) is 0 Å². The van der Waals surface area contributed by atoms with E-state index in [9.17, 15) is 0 Å². The number of hydrogen-bond acceptors (Lipinski definition) is 4. The Hall–Kier alpha value is -1.16. The molecule has 1 N–H and O–H groups in total. The van der Waals surface area contributed by atoms with Crippen LogP contribution in [0.15, 0.2) is 0 Å². The fourth-order valence-corrected chi connectivity index (χ4v) is 1.70. The van der Waals surface area contributed by atoms with Crippen LogP contribution >= 0.6 is 0 Å². The second kappa shape index (κ2) is 3.53. The standard InChI is InChI=1S/C10H16N4/c1-7-8-6-11-5-4-9(8)13-10(12-7)14(2)3/h11H,4-6H2,1-3H3. The molecule has 0 radical (unpaired) electrons. The molecule has 0 unspecified atom stereocenters. The number of nitrogens with one attached hydrogen (secondary N) is 1. The second-order valence-corrected chi connectivity index (χ2v) is 3.86. The summed E-state index contributed by atoms with van der Waals surface area (Å²) in [5.41, 5.74) is 3.59. The summed E-state index contributed by atoms with van der Waals surface area (Å²) in [5.74, 6) is 0.822. The number of nitrogens with zero attached hydrogens (tertiary/aromatic N) is 3. The van der Waals surface area contributed by atoms with Crippen LogP contribution < -0.4 is 10.2 Å². The van der Waals surface area contributed by atoms with Gasteiger partial charge in [-0.15, -0.1) is 0 Å². The van der Waals surface area contributed by atoms with Crippen molar-refractivity contribution in [3.8, 4) is 0 Å². The van der Waals surface area contributed by atoms with Crippen LogP contribution in [0.2, 0.25) is 0 Å². The zero-order valence-corrected chi connectivity index (χ0v) is 8.96. The van der Waals surface area contributed by atoms with E-state index in [4.69, 9.17) is 0 Å². The molecule has 4 heteroatoms. The van der Waals surface area contributed by atoms with E-state index in [0.717, 1.165) is 31.2 Å². The van der Waals surface area contributed by atoms with Gasteiger partial charge in [-0.3, -0.25) is 0 Å². The molecule has 2 rings (SSSR count). The van der Waals surface area contributed by atoms with Crippen molar-refractivity contribution in [3.63, 3.8) is 0 Å². The Bertz CT molecular complexity index is 346. The Kier molecular flexibility index (Phi) is 2.37. The number of anilines is 1. The highest BCUT2D eigenvalue weighted by molar-refractivity contribution is 5.36. The van der Waals surface area contributed by atoms with Gasteiger partial charge in [0, 0.05) is 44.9 Å². The molecule has 0 fully saturated rings. The van der Waals surface area contributed by atoms with E-state index in [1.54, 1.807) is 0 Å². The van der Waals surface area contributed by atoms with E-state index in [1.165, 1.54) is 11.3 Å². The molecule has 1 aromatic rings. The van der Waals surface area contributed by atoms with Crippen LogP contribution in [0, 0.1) is 6.92 Å². The maximum Gasteiger partial charge on any atom is 0.225 e. The third-order valence-corrected chi connectivity index (χ3v) is 2.53. The molecule has 0 bridgehead atoms. The van der Waals surface area contributed by atoms with Gasteiger partial charge in [0.25, 0.3) is 0 Å². The van der Waals surface area contributed by atoms with Crippen LogP contribution in [0.4, 0.5) is 5.95 Å². The lowest BCUT2D eigenvalue weighted by atomic mass is 10.1. The lowest BCUT2D eigenvalue weighted by molar-refractivity contribution is 0.620. The molecule has 0 atom stereocenters. The molecule has 0 saturated heterocycles. The van der Waals surface area contributed by atoms with Gasteiger partial charge in [-0.25, -0.2) is 9.97 Å². The molecule has 0 aromatic carbocycles. The zero-order valence-electron chi connectivity index (χ0n) is 8.96. The van der Waals surface area contributed by atoms with Crippen molar-refractivity contribution in [2.45, 2.75) is 19.9 Å². The minimum Gasteiger partial charge on any atom is -0.347 e. The second-order valence-electron chi connectivity index (χ2n) is 3.86. The number of aryl methyl sites for hydroxylation is 1. The lowest BCUT2D eigenvalue weighted by Gasteiger charge is -2.20. The maximum absolute atomic E-state index is 4.55. The fourth-order valence-electron chi connectivity index (χ4n) is 1.70. The van der Waals surface area contributed by atoms with E-state index < -0.39 is 0 Å². The molecule has 2 heterocycles. The lowest BCUT2D eigenvalue weighted by Crippen LogP contribution is -2.27. The summed E-state index contributed by atoms with van der Waals surface area (Å²) in [6.07, 6.45) is 1.01. The number of aromatic nitrogens is 2. The van der Waals surface area contributed by atoms with Gasteiger partial charge < -0.3 is 10.2 Å². The first-order chi connectivity index (χ1) is 6.68. The third kappa shape index (κ3) is 1.57. The van der Waals surface area contributed by atoms with E-state index in [0.29, 0.717) is 0 Å². The van der Waals surface area contributed by atoms with Gasteiger partial charge in [-0.05, 0) is 6.92 Å². The molecular weight excluding hydrogens is 176 g/mol. The van der Waals surface area contributed by atoms with Crippen molar-refractivity contribution in [1.29, 1.82) is 0 Å². The van der Waals surface area contributed by atoms with Crippen LogP contribution in [0.3, 0.4) is 0 Å². The van der Waals surface area contributed by atoms with Crippen molar-refractivity contribution >= 4 is 5.95 Å². The molecule has 1 aromatic heterocycles. The van der Waals surface area contributed by atoms with Gasteiger partial charge >= 0.3 is 0 Å². The SMILES string of the molecule is Cc1nc(N(C)C)nc2c1CNCC2. The Labute approximate surface area is 84.4 Å². The Morgan fingerprint density at radius 2 is 2.07 bits per heavy atom. The van der Waals surface area contributed by atoms with Crippen molar-refractivity contribution in [3.05, 3.63) is 17.0 Å². The molecule has 0 amide bonds. The normalized spacial score (nSPS) is 15.1. The molecule has 1 aliphatic rings. The number of fused-ring (bicyclic) bond motifs is 1. The largest absolute Gasteiger partial charge is 0.347 e. The molecule has 0 saturated carbocycles. The van der Waals surface area contributed by atoms with Crippen molar-refractivity contribution in [2.24, 2.45) is 0 Å². The van der Waals surface area contributed by atoms with Crippen molar-refractivity contribution < 1.29 is 0 Å². The van der Waals surface area contributed by atoms with Crippen LogP contribution in [0.25, 0.3) is 0 Å². The molecule has 76 valence electrons. The van der Waals surface area contributed by atoms with Gasteiger partial charge in [0.1, 0.15) is 0 Å². The first-order valence-electron chi connectivity index (χ1n) is 4.93. The molecule has 14 heavy (non-hydrogen) atoms. The minimum atomic E-state index is 0.822. The highest BCUT2D eigenvalue weighted by atomic mass is 15.2. The van der Waals surface area contributed by atoms with E-state index in [2.05, 4.69) is 22.2 Å². The minimum absolute atomic E-state index is 0.822. The monoisotopic (exact) mass is 192 g/mol. The van der Waals surface area contributed by atoms with Gasteiger partial charge in [0.15, 0.2) is 0 Å². The summed E-state index contributed by atoms with van der Waals surface area (Å²) in [7, 11) is 3.95. The third-order valence-electron chi connectivity index (χ3n) is 2.53. The summed E-state index contributed by atoms with van der Waals surface area (Å²) in [4.78, 5) is 11.0. The van der Waals surface area contributed by atoms with Crippen molar-refractivity contribution in [2.75, 3.05) is 25.5 Å². The quantitative estimate of drug-likeness (QED) is 0.703. The van der Waals surface area contributed by atoms with E-state index >= 15 is 0 Å². The summed E-state index contributed by atoms with van der Waals surface area (Å²) < 4.78 is 0. The molecule has 0 spiro atoms. The maximum atomic E-state index is 4.55. The van der Waals surface area contributed by atoms with Gasteiger partial charge in [0.2, 0.25) is 5.95 Å². The fraction of sp³-hybridized carbons (Fsp3) is 0.600. The predicted molar refractivity (Wildman–Crippen MR) is 56.5 cm³/mol. The van der Waals surface area contributed by atoms with E-state index in [1.807, 2.05) is 19.0 Å². The number of rotatable bonds is 1. The first-order valence-corrected chi connectivity index (χ1v) is 4.93. The van der Waals surface area contributed by atoms with Crippen LogP contribution in [-0.2, 0) is 13.0 Å². The van der Waals surface area contributed by atoms with Crippen LogP contribution in [-0.4, -0.2) is 30.6 Å². The average Bonchev–Trinajstić information content (AvgIpc) is 2.17. The highest BCUT2D eigenvalue weighted by Gasteiger charge is 2.15. The summed E-state index contributed by atoms with van der Waals surface area (Å²) >= 11 is 0. The van der Waals surface area contributed by atoms with Gasteiger partial charge in [0.05, 0.1) is 5.69 Å². The summed E-state index contributed by atoms with van der Waals surface area (Å²) in [6.45, 7) is 3.99. The first kappa shape index (κ1) is 9.40. The molecule has 0 aliphatic carbocycles. The highest BCUT2D eigenvalue weighted by Crippen LogP contribution is 2.17. The smallest absolute Gasteiger partial charge is 0.225 e. The topological polar surface area (TPSA) is 41.1 Å². The Balaban J connectivity index is 2.46. The predicted octanol–water partition coefficient (Wildman–Crippen LogP) is 0.497. The average molecular weight is 192 g/mol. The molecule has 4 nitrogen and oxygen atoms in total. The zero-order chi connectivity index (χ0) is 10.1. The van der Waals surface area contributed by atoms with Gasteiger partial charge in [-0.1, -0.05) is 0 Å². The number of hydrogen-bond donors (Lipinski definition) is 1. The van der Waals surface area contributed by atoms with Gasteiger partial charge in [-0.2, -0.15) is 0 Å². The Morgan fingerprint density at radius 3 is 2.79 bits per heavy atom.